The van der Waals surface area contributed by atoms with Crippen molar-refractivity contribution in [3.8, 4) is 22.6 Å². The van der Waals surface area contributed by atoms with Crippen LogP contribution in [0.3, 0.4) is 0 Å². The molecule has 0 saturated heterocycles. The van der Waals surface area contributed by atoms with E-state index >= 15 is 0 Å². The first-order valence-corrected chi connectivity index (χ1v) is 6.71. The highest BCUT2D eigenvalue weighted by molar-refractivity contribution is 5.81. The SMILES string of the molecule is COc1cc(O)cc(-c2cc3cnc(C)nc3n(C)c2=O)c1. The molecule has 6 nitrogen and oxygen atoms in total. The second kappa shape index (κ2) is 5.14. The van der Waals surface area contributed by atoms with Crippen LogP contribution < -0.4 is 10.3 Å². The van der Waals surface area contributed by atoms with E-state index in [-0.39, 0.29) is 11.3 Å². The van der Waals surface area contributed by atoms with E-state index in [1.807, 2.05) is 0 Å². The van der Waals surface area contributed by atoms with E-state index in [2.05, 4.69) is 9.97 Å². The first-order valence-electron chi connectivity index (χ1n) is 6.71. The average Bonchev–Trinajstić information content (AvgIpc) is 2.50. The van der Waals surface area contributed by atoms with Gasteiger partial charge in [0.1, 0.15) is 23.0 Å². The lowest BCUT2D eigenvalue weighted by atomic mass is 10.1. The number of aromatic nitrogens is 3. The number of aromatic hydroxyl groups is 1. The third-order valence-electron chi connectivity index (χ3n) is 3.51. The van der Waals surface area contributed by atoms with E-state index in [4.69, 9.17) is 4.74 Å². The van der Waals surface area contributed by atoms with Crippen LogP contribution >= 0.6 is 0 Å². The quantitative estimate of drug-likeness (QED) is 0.783. The molecule has 0 aliphatic carbocycles. The van der Waals surface area contributed by atoms with Gasteiger partial charge in [-0.15, -0.1) is 0 Å². The minimum absolute atomic E-state index is 0.0386. The number of benzene rings is 1. The maximum absolute atomic E-state index is 12.6. The van der Waals surface area contributed by atoms with E-state index in [1.54, 1.807) is 32.3 Å². The summed E-state index contributed by atoms with van der Waals surface area (Å²) in [6.07, 6.45) is 1.68. The van der Waals surface area contributed by atoms with E-state index < -0.39 is 0 Å². The maximum Gasteiger partial charge on any atom is 0.259 e. The second-order valence-corrected chi connectivity index (χ2v) is 5.04. The Labute approximate surface area is 126 Å². The smallest absolute Gasteiger partial charge is 0.259 e. The van der Waals surface area contributed by atoms with Crippen molar-refractivity contribution in [2.75, 3.05) is 7.11 Å². The van der Waals surface area contributed by atoms with Crippen LogP contribution in [-0.4, -0.2) is 26.8 Å². The molecule has 1 aromatic carbocycles. The van der Waals surface area contributed by atoms with Gasteiger partial charge in [0.25, 0.3) is 5.56 Å². The summed E-state index contributed by atoms with van der Waals surface area (Å²) in [5.41, 5.74) is 1.42. The average molecular weight is 297 g/mol. The van der Waals surface area contributed by atoms with Crippen LogP contribution in [0.2, 0.25) is 0 Å². The number of phenolic OH excluding ortho intramolecular Hbond substituents is 1. The summed E-state index contributed by atoms with van der Waals surface area (Å²) in [5.74, 6) is 1.13. The lowest BCUT2D eigenvalue weighted by molar-refractivity contribution is 0.408. The van der Waals surface area contributed by atoms with Gasteiger partial charge >= 0.3 is 0 Å². The van der Waals surface area contributed by atoms with Gasteiger partial charge in [-0.2, -0.15) is 0 Å². The Bertz CT molecular complexity index is 932. The Morgan fingerprint density at radius 3 is 2.73 bits per heavy atom. The summed E-state index contributed by atoms with van der Waals surface area (Å²) in [6, 6.07) is 6.45. The summed E-state index contributed by atoms with van der Waals surface area (Å²) in [5, 5.41) is 10.5. The zero-order valence-electron chi connectivity index (χ0n) is 12.5. The van der Waals surface area contributed by atoms with E-state index in [1.165, 1.54) is 23.8 Å². The molecule has 0 aliphatic rings. The highest BCUT2D eigenvalue weighted by atomic mass is 16.5. The van der Waals surface area contributed by atoms with Gasteiger partial charge in [0.05, 0.1) is 7.11 Å². The van der Waals surface area contributed by atoms with Crippen molar-refractivity contribution in [3.63, 3.8) is 0 Å². The molecule has 0 radical (unpaired) electrons. The molecule has 3 rings (SSSR count). The lowest BCUT2D eigenvalue weighted by Crippen LogP contribution is -2.20. The van der Waals surface area contributed by atoms with Gasteiger partial charge in [0, 0.05) is 30.3 Å². The normalized spacial score (nSPS) is 10.9. The Balaban J connectivity index is 2.32. The monoisotopic (exact) mass is 297 g/mol. The third kappa shape index (κ3) is 2.28. The van der Waals surface area contributed by atoms with Gasteiger partial charge in [0.2, 0.25) is 0 Å². The van der Waals surface area contributed by atoms with Crippen molar-refractivity contribution in [2.45, 2.75) is 6.92 Å². The number of aryl methyl sites for hydroxylation is 2. The first kappa shape index (κ1) is 14.1. The molecule has 2 aromatic heterocycles. The predicted molar refractivity (Wildman–Crippen MR) is 83.2 cm³/mol. The molecule has 112 valence electrons. The molecule has 2 heterocycles. The third-order valence-corrected chi connectivity index (χ3v) is 3.51. The van der Waals surface area contributed by atoms with Crippen molar-refractivity contribution in [3.05, 3.63) is 46.6 Å². The molecule has 3 aromatic rings. The number of methoxy groups -OCH3 is 1. The number of pyridine rings is 1. The summed E-state index contributed by atoms with van der Waals surface area (Å²) < 4.78 is 6.62. The zero-order chi connectivity index (χ0) is 15.9. The van der Waals surface area contributed by atoms with Gasteiger partial charge < -0.3 is 9.84 Å². The van der Waals surface area contributed by atoms with Crippen LogP contribution in [0.25, 0.3) is 22.2 Å². The Morgan fingerprint density at radius 1 is 1.23 bits per heavy atom. The molecule has 22 heavy (non-hydrogen) atoms. The Hall–Kier alpha value is -2.89. The fourth-order valence-electron chi connectivity index (χ4n) is 2.40. The van der Waals surface area contributed by atoms with Crippen LogP contribution in [0.15, 0.2) is 35.3 Å². The largest absolute Gasteiger partial charge is 0.508 e. The first-order chi connectivity index (χ1) is 10.5. The predicted octanol–water partition coefficient (Wildman–Crippen LogP) is 2.02. The molecule has 0 unspecified atom stereocenters. The number of ether oxygens (including phenoxy) is 1. The summed E-state index contributed by atoms with van der Waals surface area (Å²) in [4.78, 5) is 21.0. The fraction of sp³-hybridized carbons (Fsp3) is 0.188. The Kier molecular flexibility index (Phi) is 3.29. The van der Waals surface area contributed by atoms with Crippen LogP contribution in [0, 0.1) is 6.92 Å². The van der Waals surface area contributed by atoms with Gasteiger partial charge in [-0.1, -0.05) is 0 Å². The van der Waals surface area contributed by atoms with Crippen molar-refractivity contribution < 1.29 is 9.84 Å². The molecule has 0 amide bonds. The summed E-state index contributed by atoms with van der Waals surface area (Å²) in [7, 11) is 3.17. The lowest BCUT2D eigenvalue weighted by Gasteiger charge is -2.10. The number of hydrogen-bond acceptors (Lipinski definition) is 5. The highest BCUT2D eigenvalue weighted by Crippen LogP contribution is 2.28. The van der Waals surface area contributed by atoms with Gasteiger partial charge in [-0.3, -0.25) is 9.36 Å². The minimum Gasteiger partial charge on any atom is -0.508 e. The van der Waals surface area contributed by atoms with Crippen LogP contribution in [0.5, 0.6) is 11.5 Å². The van der Waals surface area contributed by atoms with E-state index in [9.17, 15) is 9.90 Å². The molecule has 0 saturated carbocycles. The fourth-order valence-corrected chi connectivity index (χ4v) is 2.40. The molecular weight excluding hydrogens is 282 g/mol. The number of hydrogen-bond donors (Lipinski definition) is 1. The topological polar surface area (TPSA) is 77.2 Å². The number of phenols is 1. The Morgan fingerprint density at radius 2 is 2.00 bits per heavy atom. The van der Waals surface area contributed by atoms with Gasteiger partial charge in [-0.05, 0) is 30.7 Å². The summed E-state index contributed by atoms with van der Waals surface area (Å²) >= 11 is 0. The van der Waals surface area contributed by atoms with E-state index in [0.717, 1.165) is 5.39 Å². The summed E-state index contributed by atoms with van der Waals surface area (Å²) in [6.45, 7) is 1.78. The molecule has 0 bridgehead atoms. The van der Waals surface area contributed by atoms with Crippen LogP contribution in [0.4, 0.5) is 0 Å². The number of rotatable bonds is 2. The number of fused-ring (bicyclic) bond motifs is 1. The van der Waals surface area contributed by atoms with Crippen LogP contribution in [0.1, 0.15) is 5.82 Å². The maximum atomic E-state index is 12.6. The van der Waals surface area contributed by atoms with E-state index in [0.29, 0.717) is 28.3 Å². The number of nitrogens with zero attached hydrogens (tertiary/aromatic N) is 3. The standard InChI is InChI=1S/C16H15N3O3/c1-9-17-8-11-6-14(16(21)19(2)15(11)18-9)10-4-12(20)7-13(5-10)22-3/h4-8,20H,1-3H3. The minimum atomic E-state index is -0.196. The molecule has 0 fully saturated rings. The molecule has 1 N–H and O–H groups in total. The molecule has 6 heteroatoms. The van der Waals surface area contributed by atoms with Crippen molar-refractivity contribution in [2.24, 2.45) is 7.05 Å². The van der Waals surface area contributed by atoms with Gasteiger partial charge in [-0.25, -0.2) is 9.97 Å². The molecule has 0 spiro atoms. The van der Waals surface area contributed by atoms with Crippen molar-refractivity contribution in [1.82, 2.24) is 14.5 Å². The van der Waals surface area contributed by atoms with Crippen molar-refractivity contribution >= 4 is 11.0 Å². The highest BCUT2D eigenvalue weighted by Gasteiger charge is 2.12. The molecular formula is C16H15N3O3. The molecule has 0 aliphatic heterocycles. The zero-order valence-corrected chi connectivity index (χ0v) is 12.5. The molecule has 0 atom stereocenters. The van der Waals surface area contributed by atoms with Gasteiger partial charge in [0.15, 0.2) is 0 Å². The van der Waals surface area contributed by atoms with Crippen molar-refractivity contribution in [1.29, 1.82) is 0 Å². The van der Waals surface area contributed by atoms with Crippen LogP contribution in [-0.2, 0) is 7.05 Å². The second-order valence-electron chi connectivity index (χ2n) is 5.04.